The molecule has 1 aliphatic heterocycles. The number of hydrogen-bond acceptors (Lipinski definition) is 7. The number of hydrogen-bond donors (Lipinski definition) is 2. The van der Waals surface area contributed by atoms with Gasteiger partial charge in [-0.05, 0) is 43.5 Å². The van der Waals surface area contributed by atoms with Gasteiger partial charge in [-0.25, -0.2) is 4.98 Å². The molecule has 0 atom stereocenters. The van der Waals surface area contributed by atoms with Crippen LogP contribution in [0.3, 0.4) is 0 Å². The molecular formula is C22H30N6O. The number of ether oxygens (including phenoxy) is 1. The van der Waals surface area contributed by atoms with Gasteiger partial charge in [-0.2, -0.15) is 5.10 Å². The topological polar surface area (TPSA) is 102 Å². The fraction of sp³-hybridized carbons (Fsp3) is 0.409. The lowest BCUT2D eigenvalue weighted by Gasteiger charge is -2.27. The highest BCUT2D eigenvalue weighted by molar-refractivity contribution is 6.39. The minimum Gasteiger partial charge on any atom is -0.383 e. The van der Waals surface area contributed by atoms with Crippen molar-refractivity contribution in [3.05, 3.63) is 47.2 Å². The van der Waals surface area contributed by atoms with Gasteiger partial charge in [0.25, 0.3) is 0 Å². The molecule has 4 N–H and O–H groups in total. The van der Waals surface area contributed by atoms with Crippen molar-refractivity contribution in [1.82, 2.24) is 9.88 Å². The average Bonchev–Trinajstić information content (AvgIpc) is 2.72. The standard InChI is InChI=1S/C22H30N6O/c1-15(2)25-13-21(27-24)20-11-19(12-26-22(20)23)17-4-5-18(16(3)10-17)14-28-6-8-29-9-7-28/h4-5,10-13,15H,6-9,14,24H2,1-3H3,(H2,23,26). The Morgan fingerprint density at radius 3 is 2.66 bits per heavy atom. The number of morpholine rings is 1. The minimum absolute atomic E-state index is 0.144. The van der Waals surface area contributed by atoms with Crippen molar-refractivity contribution in [1.29, 1.82) is 0 Å². The van der Waals surface area contributed by atoms with Crippen LogP contribution in [0.25, 0.3) is 11.1 Å². The Bertz CT molecular complexity index is 900. The SMILES string of the molecule is Cc1cc(-c2cnc(N)c(C(C=NC(C)C)=NN)c2)ccc1CN1CCOCC1. The maximum atomic E-state index is 6.08. The maximum absolute atomic E-state index is 6.08. The monoisotopic (exact) mass is 394 g/mol. The summed E-state index contributed by atoms with van der Waals surface area (Å²) < 4.78 is 5.44. The molecule has 2 heterocycles. The lowest BCUT2D eigenvalue weighted by atomic mass is 9.98. The molecule has 1 fully saturated rings. The highest BCUT2D eigenvalue weighted by Crippen LogP contribution is 2.25. The summed E-state index contributed by atoms with van der Waals surface area (Å²) in [6.45, 7) is 10.6. The van der Waals surface area contributed by atoms with Gasteiger partial charge in [0.15, 0.2) is 0 Å². The van der Waals surface area contributed by atoms with E-state index in [1.54, 1.807) is 12.4 Å². The maximum Gasteiger partial charge on any atom is 0.132 e. The highest BCUT2D eigenvalue weighted by Gasteiger charge is 2.14. The largest absolute Gasteiger partial charge is 0.383 e. The Kier molecular flexibility index (Phi) is 6.95. The van der Waals surface area contributed by atoms with Crippen LogP contribution < -0.4 is 11.6 Å². The molecule has 1 saturated heterocycles. The van der Waals surface area contributed by atoms with Crippen LogP contribution in [0.2, 0.25) is 0 Å². The second-order valence-corrected chi connectivity index (χ2v) is 7.57. The van der Waals surface area contributed by atoms with Gasteiger partial charge in [0.2, 0.25) is 0 Å². The van der Waals surface area contributed by atoms with Crippen molar-refractivity contribution in [2.75, 3.05) is 32.0 Å². The molecule has 1 aromatic carbocycles. The smallest absolute Gasteiger partial charge is 0.132 e. The molecule has 0 saturated carbocycles. The van der Waals surface area contributed by atoms with Crippen LogP contribution in [-0.4, -0.2) is 54.2 Å². The Balaban J connectivity index is 1.86. The predicted octanol–water partition coefficient (Wildman–Crippen LogP) is 2.61. The van der Waals surface area contributed by atoms with Crippen LogP contribution in [0.15, 0.2) is 40.6 Å². The van der Waals surface area contributed by atoms with Gasteiger partial charge < -0.3 is 16.3 Å². The lowest BCUT2D eigenvalue weighted by molar-refractivity contribution is 0.0341. The second kappa shape index (κ2) is 9.62. The molecule has 1 aliphatic rings. The highest BCUT2D eigenvalue weighted by atomic mass is 16.5. The second-order valence-electron chi connectivity index (χ2n) is 7.57. The van der Waals surface area contributed by atoms with Gasteiger partial charge in [-0.15, -0.1) is 0 Å². The molecule has 29 heavy (non-hydrogen) atoms. The summed E-state index contributed by atoms with van der Waals surface area (Å²) >= 11 is 0. The first-order valence-corrected chi connectivity index (χ1v) is 9.95. The van der Waals surface area contributed by atoms with Crippen molar-refractivity contribution in [2.24, 2.45) is 15.9 Å². The van der Waals surface area contributed by atoms with Gasteiger partial charge in [0.05, 0.1) is 13.2 Å². The number of benzene rings is 1. The van der Waals surface area contributed by atoms with E-state index in [-0.39, 0.29) is 6.04 Å². The van der Waals surface area contributed by atoms with E-state index >= 15 is 0 Å². The Hall–Kier alpha value is -2.77. The first-order valence-electron chi connectivity index (χ1n) is 9.95. The van der Waals surface area contributed by atoms with Crippen LogP contribution in [-0.2, 0) is 11.3 Å². The van der Waals surface area contributed by atoms with Crippen LogP contribution in [0.4, 0.5) is 5.82 Å². The summed E-state index contributed by atoms with van der Waals surface area (Å²) in [5, 5.41) is 3.85. The predicted molar refractivity (Wildman–Crippen MR) is 119 cm³/mol. The van der Waals surface area contributed by atoms with E-state index in [9.17, 15) is 0 Å². The Morgan fingerprint density at radius 2 is 2.00 bits per heavy atom. The van der Waals surface area contributed by atoms with Crippen molar-refractivity contribution in [2.45, 2.75) is 33.4 Å². The molecule has 0 amide bonds. The molecule has 1 aromatic heterocycles. The molecule has 2 aromatic rings. The van der Waals surface area contributed by atoms with Crippen molar-refractivity contribution >= 4 is 17.7 Å². The number of anilines is 1. The van der Waals surface area contributed by atoms with Gasteiger partial charge in [0.1, 0.15) is 11.5 Å². The number of aryl methyl sites for hydroxylation is 1. The summed E-state index contributed by atoms with van der Waals surface area (Å²) in [4.78, 5) is 11.1. The number of pyridine rings is 1. The number of rotatable bonds is 6. The number of aromatic nitrogens is 1. The molecule has 0 unspecified atom stereocenters. The van der Waals surface area contributed by atoms with Crippen LogP contribution in [0.5, 0.6) is 0 Å². The molecule has 0 radical (unpaired) electrons. The fourth-order valence-corrected chi connectivity index (χ4v) is 3.28. The summed E-state index contributed by atoms with van der Waals surface area (Å²) in [6, 6.07) is 8.62. The molecule has 0 aliphatic carbocycles. The lowest BCUT2D eigenvalue weighted by Crippen LogP contribution is -2.35. The van der Waals surface area contributed by atoms with E-state index in [4.69, 9.17) is 16.3 Å². The van der Waals surface area contributed by atoms with Crippen LogP contribution in [0.1, 0.15) is 30.5 Å². The first kappa shape index (κ1) is 21.0. The zero-order valence-corrected chi connectivity index (χ0v) is 17.4. The van der Waals surface area contributed by atoms with E-state index in [1.807, 2.05) is 19.9 Å². The number of nitrogens with two attached hydrogens (primary N) is 2. The summed E-state index contributed by atoms with van der Waals surface area (Å²) in [5.41, 5.74) is 11.9. The summed E-state index contributed by atoms with van der Waals surface area (Å²) in [6.07, 6.45) is 3.43. The zero-order valence-electron chi connectivity index (χ0n) is 17.4. The molecule has 7 heteroatoms. The van der Waals surface area contributed by atoms with Gasteiger partial charge in [0, 0.05) is 49.2 Å². The van der Waals surface area contributed by atoms with E-state index < -0.39 is 0 Å². The quantitative estimate of drug-likeness (QED) is 0.445. The third-order valence-corrected chi connectivity index (χ3v) is 5.00. The van der Waals surface area contributed by atoms with Crippen LogP contribution in [0, 0.1) is 6.92 Å². The van der Waals surface area contributed by atoms with Crippen molar-refractivity contribution < 1.29 is 4.74 Å². The van der Waals surface area contributed by atoms with Gasteiger partial charge in [-0.1, -0.05) is 18.2 Å². The number of hydrazone groups is 1. The Labute approximate surface area is 172 Å². The van der Waals surface area contributed by atoms with Gasteiger partial charge >= 0.3 is 0 Å². The number of aliphatic imine (C=N–C) groups is 1. The Morgan fingerprint density at radius 1 is 1.24 bits per heavy atom. The molecule has 3 rings (SSSR count). The molecule has 154 valence electrons. The molecule has 0 bridgehead atoms. The molecular weight excluding hydrogens is 364 g/mol. The summed E-state index contributed by atoms with van der Waals surface area (Å²) in [7, 11) is 0. The van der Waals surface area contributed by atoms with E-state index in [2.05, 4.69) is 45.1 Å². The molecule has 7 nitrogen and oxygen atoms in total. The normalized spacial score (nSPS) is 16.1. The van der Waals surface area contributed by atoms with Gasteiger partial charge in [-0.3, -0.25) is 9.89 Å². The zero-order chi connectivity index (χ0) is 20.8. The van der Waals surface area contributed by atoms with Crippen LogP contribution >= 0.6 is 0 Å². The number of nitrogens with zero attached hydrogens (tertiary/aromatic N) is 4. The van der Waals surface area contributed by atoms with E-state index in [0.29, 0.717) is 17.1 Å². The first-order chi connectivity index (χ1) is 14.0. The third-order valence-electron chi connectivity index (χ3n) is 5.00. The number of nitrogen functional groups attached to an aromatic ring is 1. The average molecular weight is 395 g/mol. The third kappa shape index (κ3) is 5.40. The summed E-state index contributed by atoms with van der Waals surface area (Å²) in [5.74, 6) is 5.96. The minimum atomic E-state index is 0.144. The van der Waals surface area contributed by atoms with E-state index in [0.717, 1.165) is 44.0 Å². The van der Waals surface area contributed by atoms with Crippen molar-refractivity contribution in [3.63, 3.8) is 0 Å². The van der Waals surface area contributed by atoms with E-state index in [1.165, 1.54) is 11.1 Å². The fourth-order valence-electron chi connectivity index (χ4n) is 3.28. The molecule has 0 spiro atoms. The van der Waals surface area contributed by atoms with Crippen molar-refractivity contribution in [3.8, 4) is 11.1 Å².